The summed E-state index contributed by atoms with van der Waals surface area (Å²) in [5, 5.41) is 11.9. The van der Waals surface area contributed by atoms with Gasteiger partial charge in [0.05, 0.1) is 16.6 Å². The Morgan fingerprint density at radius 1 is 1.22 bits per heavy atom. The number of hydrogen-bond donors (Lipinski definition) is 1. The van der Waals surface area contributed by atoms with Crippen LogP contribution < -0.4 is 5.32 Å². The van der Waals surface area contributed by atoms with E-state index in [9.17, 15) is 4.79 Å². The van der Waals surface area contributed by atoms with Crippen molar-refractivity contribution in [2.45, 2.75) is 25.8 Å². The van der Waals surface area contributed by atoms with Crippen LogP contribution in [0, 0.1) is 0 Å². The Morgan fingerprint density at radius 3 is 2.78 bits per heavy atom. The third-order valence-electron chi connectivity index (χ3n) is 3.65. The molecule has 6 heteroatoms. The van der Waals surface area contributed by atoms with E-state index in [0.29, 0.717) is 10.6 Å². The molecule has 118 valence electrons. The Hall–Kier alpha value is -2.40. The van der Waals surface area contributed by atoms with E-state index in [0.717, 1.165) is 24.3 Å². The van der Waals surface area contributed by atoms with E-state index in [4.69, 9.17) is 11.6 Å². The smallest absolute Gasteiger partial charge is 0.253 e. The number of aromatic nitrogens is 3. The van der Waals surface area contributed by atoms with Gasteiger partial charge in [-0.1, -0.05) is 43.1 Å². The van der Waals surface area contributed by atoms with E-state index in [1.54, 1.807) is 24.3 Å². The van der Waals surface area contributed by atoms with Gasteiger partial charge in [-0.25, -0.2) is 0 Å². The average Bonchev–Trinajstić information content (AvgIpc) is 2.99. The van der Waals surface area contributed by atoms with Gasteiger partial charge in [0.1, 0.15) is 0 Å². The molecule has 1 aromatic carbocycles. The quantitative estimate of drug-likeness (QED) is 0.777. The molecule has 1 atom stereocenters. The molecule has 2 heterocycles. The molecular weight excluding hydrogens is 312 g/mol. The lowest BCUT2D eigenvalue weighted by Crippen LogP contribution is -2.30. The van der Waals surface area contributed by atoms with Gasteiger partial charge < -0.3 is 5.32 Å². The SMILES string of the molecule is CCC[C@H](NC(=O)c1ccccc1Cl)c1nnc2ccccn12. The van der Waals surface area contributed by atoms with Crippen LogP contribution in [0.2, 0.25) is 5.02 Å². The molecule has 0 bridgehead atoms. The summed E-state index contributed by atoms with van der Waals surface area (Å²) >= 11 is 6.11. The van der Waals surface area contributed by atoms with Crippen LogP contribution in [-0.2, 0) is 0 Å². The van der Waals surface area contributed by atoms with Gasteiger partial charge in [-0.3, -0.25) is 9.20 Å². The van der Waals surface area contributed by atoms with Gasteiger partial charge in [0, 0.05) is 6.20 Å². The predicted octanol–water partition coefficient (Wildman–Crippen LogP) is 3.65. The third kappa shape index (κ3) is 3.19. The summed E-state index contributed by atoms with van der Waals surface area (Å²) in [7, 11) is 0. The molecule has 0 unspecified atom stereocenters. The Labute approximate surface area is 139 Å². The van der Waals surface area contributed by atoms with E-state index < -0.39 is 0 Å². The predicted molar refractivity (Wildman–Crippen MR) is 89.6 cm³/mol. The summed E-state index contributed by atoms with van der Waals surface area (Å²) in [5.41, 5.74) is 1.22. The maximum Gasteiger partial charge on any atom is 0.253 e. The molecule has 5 nitrogen and oxygen atoms in total. The van der Waals surface area contributed by atoms with Gasteiger partial charge in [-0.15, -0.1) is 10.2 Å². The first-order valence-electron chi connectivity index (χ1n) is 7.55. The first-order valence-corrected chi connectivity index (χ1v) is 7.93. The molecule has 0 saturated heterocycles. The number of carbonyl (C=O) groups excluding carboxylic acids is 1. The average molecular weight is 329 g/mol. The second kappa shape index (κ2) is 6.79. The zero-order chi connectivity index (χ0) is 16.2. The fourth-order valence-corrected chi connectivity index (χ4v) is 2.75. The molecule has 1 N–H and O–H groups in total. The van der Waals surface area contributed by atoms with Gasteiger partial charge in [-0.2, -0.15) is 0 Å². The monoisotopic (exact) mass is 328 g/mol. The van der Waals surface area contributed by atoms with Crippen molar-refractivity contribution in [2.24, 2.45) is 0 Å². The van der Waals surface area contributed by atoms with Gasteiger partial charge in [-0.05, 0) is 30.7 Å². The van der Waals surface area contributed by atoms with Crippen molar-refractivity contribution in [3.63, 3.8) is 0 Å². The lowest BCUT2D eigenvalue weighted by atomic mass is 10.1. The van der Waals surface area contributed by atoms with Crippen LogP contribution in [0.3, 0.4) is 0 Å². The fraction of sp³-hybridized carbons (Fsp3) is 0.235. The standard InChI is InChI=1S/C17H17ClN4O/c1-2-7-14(16-21-20-15-10-5-6-11-22(15)16)19-17(23)12-8-3-4-9-13(12)18/h3-6,8-11,14H,2,7H2,1H3,(H,19,23)/t14-/m0/s1. The highest BCUT2D eigenvalue weighted by Crippen LogP contribution is 2.20. The summed E-state index contributed by atoms with van der Waals surface area (Å²) in [6.45, 7) is 2.07. The molecule has 3 rings (SSSR count). The van der Waals surface area contributed by atoms with Crippen molar-refractivity contribution in [3.8, 4) is 0 Å². The van der Waals surface area contributed by atoms with E-state index in [2.05, 4.69) is 22.4 Å². The maximum absolute atomic E-state index is 12.5. The Balaban J connectivity index is 1.90. The minimum Gasteiger partial charge on any atom is -0.342 e. The Morgan fingerprint density at radius 2 is 2.00 bits per heavy atom. The zero-order valence-corrected chi connectivity index (χ0v) is 13.5. The molecular formula is C17H17ClN4O. The van der Waals surface area contributed by atoms with Crippen LogP contribution in [0.25, 0.3) is 5.65 Å². The number of nitrogens with one attached hydrogen (secondary N) is 1. The second-order valence-electron chi connectivity index (χ2n) is 5.28. The van der Waals surface area contributed by atoms with Crippen molar-refractivity contribution in [3.05, 3.63) is 65.1 Å². The van der Waals surface area contributed by atoms with Crippen LogP contribution >= 0.6 is 11.6 Å². The molecule has 3 aromatic rings. The minimum absolute atomic E-state index is 0.207. The summed E-state index contributed by atoms with van der Waals surface area (Å²) in [6.07, 6.45) is 3.58. The molecule has 0 aliphatic heterocycles. The topological polar surface area (TPSA) is 59.3 Å². The minimum atomic E-state index is -0.221. The summed E-state index contributed by atoms with van der Waals surface area (Å²) < 4.78 is 1.90. The molecule has 0 aliphatic carbocycles. The number of benzene rings is 1. The van der Waals surface area contributed by atoms with Gasteiger partial charge in [0.25, 0.3) is 5.91 Å². The number of fused-ring (bicyclic) bond motifs is 1. The Bertz CT molecular complexity index is 830. The highest BCUT2D eigenvalue weighted by molar-refractivity contribution is 6.33. The van der Waals surface area contributed by atoms with Crippen LogP contribution in [-0.4, -0.2) is 20.5 Å². The number of pyridine rings is 1. The van der Waals surface area contributed by atoms with Crippen molar-refractivity contribution < 1.29 is 4.79 Å². The lowest BCUT2D eigenvalue weighted by molar-refractivity contribution is 0.0932. The van der Waals surface area contributed by atoms with E-state index in [1.165, 1.54) is 0 Å². The summed E-state index contributed by atoms with van der Waals surface area (Å²) in [4.78, 5) is 12.5. The number of hydrogen-bond acceptors (Lipinski definition) is 3. The summed E-state index contributed by atoms with van der Waals surface area (Å²) in [6, 6.07) is 12.5. The zero-order valence-electron chi connectivity index (χ0n) is 12.7. The maximum atomic E-state index is 12.5. The van der Waals surface area contributed by atoms with Crippen LogP contribution in [0.15, 0.2) is 48.7 Å². The molecule has 0 radical (unpaired) electrons. The largest absolute Gasteiger partial charge is 0.342 e. The number of carbonyl (C=O) groups is 1. The van der Waals surface area contributed by atoms with Crippen LogP contribution in [0.5, 0.6) is 0 Å². The number of nitrogens with zero attached hydrogens (tertiary/aromatic N) is 3. The number of halogens is 1. The van der Waals surface area contributed by atoms with E-state index in [-0.39, 0.29) is 11.9 Å². The first-order chi connectivity index (χ1) is 11.2. The normalized spacial score (nSPS) is 12.3. The van der Waals surface area contributed by atoms with Crippen molar-refractivity contribution in [1.82, 2.24) is 19.9 Å². The lowest BCUT2D eigenvalue weighted by Gasteiger charge is -2.17. The second-order valence-corrected chi connectivity index (χ2v) is 5.69. The number of rotatable bonds is 5. The van der Waals surface area contributed by atoms with Crippen LogP contribution in [0.1, 0.15) is 42.0 Å². The fourth-order valence-electron chi connectivity index (χ4n) is 2.53. The molecule has 1 amide bonds. The first kappa shape index (κ1) is 15.5. The highest BCUT2D eigenvalue weighted by Gasteiger charge is 2.21. The molecule has 0 spiro atoms. The van der Waals surface area contributed by atoms with E-state index >= 15 is 0 Å². The Kier molecular flexibility index (Phi) is 4.57. The summed E-state index contributed by atoms with van der Waals surface area (Å²) in [5.74, 6) is 0.518. The van der Waals surface area contributed by atoms with Gasteiger partial charge >= 0.3 is 0 Å². The molecule has 0 saturated carbocycles. The van der Waals surface area contributed by atoms with Crippen molar-refractivity contribution in [1.29, 1.82) is 0 Å². The van der Waals surface area contributed by atoms with Gasteiger partial charge in [0.2, 0.25) is 0 Å². The molecule has 23 heavy (non-hydrogen) atoms. The molecule has 2 aromatic heterocycles. The third-order valence-corrected chi connectivity index (χ3v) is 3.98. The molecule has 0 fully saturated rings. The van der Waals surface area contributed by atoms with Crippen LogP contribution in [0.4, 0.5) is 0 Å². The molecule has 0 aliphatic rings. The van der Waals surface area contributed by atoms with Crippen molar-refractivity contribution in [2.75, 3.05) is 0 Å². The number of amides is 1. The van der Waals surface area contributed by atoms with Crippen molar-refractivity contribution >= 4 is 23.2 Å². The van der Waals surface area contributed by atoms with E-state index in [1.807, 2.05) is 28.8 Å². The highest BCUT2D eigenvalue weighted by atomic mass is 35.5. The van der Waals surface area contributed by atoms with Gasteiger partial charge in [0.15, 0.2) is 11.5 Å².